The van der Waals surface area contributed by atoms with Gasteiger partial charge in [-0.25, -0.2) is 0 Å². The number of aryl methyl sites for hydroxylation is 1. The molecule has 0 aliphatic carbocycles. The number of aromatic nitrogens is 1. The van der Waals surface area contributed by atoms with Crippen LogP contribution in [-0.4, -0.2) is 10.5 Å². The molecule has 0 radical (unpaired) electrons. The Morgan fingerprint density at radius 2 is 1.75 bits per heavy atom. The lowest BCUT2D eigenvalue weighted by Gasteiger charge is -2.38. The fourth-order valence-corrected chi connectivity index (χ4v) is 3.21. The van der Waals surface area contributed by atoms with Crippen molar-refractivity contribution in [1.82, 2.24) is 4.57 Å². The van der Waals surface area contributed by atoms with E-state index in [2.05, 4.69) is 5.32 Å². The van der Waals surface area contributed by atoms with Crippen LogP contribution < -0.4 is 10.2 Å². The summed E-state index contributed by atoms with van der Waals surface area (Å²) >= 11 is 6.01. The van der Waals surface area contributed by atoms with Crippen LogP contribution in [0.1, 0.15) is 22.2 Å². The van der Waals surface area contributed by atoms with E-state index < -0.39 is 0 Å². The molecule has 1 aromatic heterocycles. The molecule has 0 saturated carbocycles. The third-order valence-corrected chi connectivity index (χ3v) is 4.55. The molecule has 120 valence electrons. The van der Waals surface area contributed by atoms with E-state index in [1.54, 1.807) is 17.0 Å². The summed E-state index contributed by atoms with van der Waals surface area (Å²) in [6.45, 7) is 0. The van der Waals surface area contributed by atoms with Gasteiger partial charge >= 0.3 is 0 Å². The van der Waals surface area contributed by atoms with E-state index >= 15 is 0 Å². The molecule has 0 saturated heterocycles. The molecule has 3 aromatic rings. The first-order valence-corrected chi connectivity index (χ1v) is 8.09. The number of carbonyl (C=O) groups is 1. The zero-order valence-electron chi connectivity index (χ0n) is 13.1. The van der Waals surface area contributed by atoms with Gasteiger partial charge in [0.2, 0.25) is 0 Å². The SMILES string of the molecule is Cn1cccc1[C@@H]1Nc2ccccc2C(=O)N1c1ccc(Cl)cc1. The van der Waals surface area contributed by atoms with Crippen LogP contribution in [0.4, 0.5) is 11.4 Å². The van der Waals surface area contributed by atoms with Gasteiger partial charge < -0.3 is 9.88 Å². The Labute approximate surface area is 145 Å². The van der Waals surface area contributed by atoms with Crippen molar-refractivity contribution < 1.29 is 4.79 Å². The average molecular weight is 338 g/mol. The lowest BCUT2D eigenvalue weighted by atomic mass is 10.1. The molecule has 0 spiro atoms. The van der Waals surface area contributed by atoms with Crippen molar-refractivity contribution in [2.75, 3.05) is 10.2 Å². The number of anilines is 2. The number of para-hydroxylation sites is 1. The molecule has 1 amide bonds. The molecule has 1 aliphatic heterocycles. The van der Waals surface area contributed by atoms with E-state index in [0.29, 0.717) is 10.6 Å². The van der Waals surface area contributed by atoms with Crippen molar-refractivity contribution in [2.45, 2.75) is 6.17 Å². The molecule has 1 atom stereocenters. The second kappa shape index (κ2) is 5.73. The van der Waals surface area contributed by atoms with Crippen LogP contribution in [0, 0.1) is 0 Å². The van der Waals surface area contributed by atoms with Gasteiger partial charge in [-0.2, -0.15) is 0 Å². The maximum absolute atomic E-state index is 13.2. The van der Waals surface area contributed by atoms with Gasteiger partial charge in [0.1, 0.15) is 6.17 Å². The van der Waals surface area contributed by atoms with Gasteiger partial charge in [-0.15, -0.1) is 0 Å². The molecule has 5 heteroatoms. The van der Waals surface area contributed by atoms with Crippen molar-refractivity contribution in [1.29, 1.82) is 0 Å². The maximum Gasteiger partial charge on any atom is 0.262 e. The van der Waals surface area contributed by atoms with Crippen LogP contribution >= 0.6 is 11.6 Å². The van der Waals surface area contributed by atoms with E-state index in [0.717, 1.165) is 17.1 Å². The highest BCUT2D eigenvalue weighted by Gasteiger charge is 2.34. The minimum absolute atomic E-state index is 0.0297. The van der Waals surface area contributed by atoms with Gasteiger partial charge in [-0.1, -0.05) is 23.7 Å². The highest BCUT2D eigenvalue weighted by atomic mass is 35.5. The minimum Gasteiger partial charge on any atom is -0.359 e. The van der Waals surface area contributed by atoms with Gasteiger partial charge in [-0.3, -0.25) is 9.69 Å². The van der Waals surface area contributed by atoms with E-state index in [-0.39, 0.29) is 12.1 Å². The zero-order valence-corrected chi connectivity index (χ0v) is 13.9. The fraction of sp³-hybridized carbons (Fsp3) is 0.105. The van der Waals surface area contributed by atoms with E-state index in [9.17, 15) is 4.79 Å². The second-order valence-electron chi connectivity index (χ2n) is 5.79. The van der Waals surface area contributed by atoms with Crippen molar-refractivity contribution in [3.05, 3.63) is 83.1 Å². The Bertz CT molecular complexity index is 901. The number of amides is 1. The smallest absolute Gasteiger partial charge is 0.262 e. The first-order chi connectivity index (χ1) is 11.6. The summed E-state index contributed by atoms with van der Waals surface area (Å²) in [6, 6.07) is 18.9. The summed E-state index contributed by atoms with van der Waals surface area (Å²) in [6.07, 6.45) is 1.69. The van der Waals surface area contributed by atoms with Gasteiger partial charge in [0.25, 0.3) is 5.91 Å². The van der Waals surface area contributed by atoms with Crippen molar-refractivity contribution in [2.24, 2.45) is 7.05 Å². The van der Waals surface area contributed by atoms with Gasteiger partial charge in [0.05, 0.1) is 11.3 Å². The molecule has 24 heavy (non-hydrogen) atoms. The molecule has 1 N–H and O–H groups in total. The molecule has 2 heterocycles. The van der Waals surface area contributed by atoms with Crippen molar-refractivity contribution in [3.8, 4) is 0 Å². The summed E-state index contributed by atoms with van der Waals surface area (Å²) in [4.78, 5) is 14.9. The topological polar surface area (TPSA) is 37.3 Å². The summed E-state index contributed by atoms with van der Waals surface area (Å²) in [5.41, 5.74) is 3.32. The van der Waals surface area contributed by atoms with E-state index in [1.165, 1.54) is 0 Å². The Morgan fingerprint density at radius 3 is 2.46 bits per heavy atom. The molecule has 0 unspecified atom stereocenters. The zero-order chi connectivity index (χ0) is 16.7. The molecular formula is C19H16ClN3O. The Morgan fingerprint density at radius 1 is 1.00 bits per heavy atom. The number of benzene rings is 2. The molecule has 4 nitrogen and oxygen atoms in total. The number of halogens is 1. The number of nitrogens with zero attached hydrogens (tertiary/aromatic N) is 2. The van der Waals surface area contributed by atoms with Crippen LogP contribution in [0.5, 0.6) is 0 Å². The number of carbonyl (C=O) groups excluding carboxylic acids is 1. The molecule has 1 aliphatic rings. The van der Waals surface area contributed by atoms with Crippen LogP contribution in [0.15, 0.2) is 66.9 Å². The number of rotatable bonds is 2. The summed E-state index contributed by atoms with van der Waals surface area (Å²) in [7, 11) is 1.97. The third-order valence-electron chi connectivity index (χ3n) is 4.30. The number of hydrogen-bond acceptors (Lipinski definition) is 2. The van der Waals surface area contributed by atoms with Crippen LogP contribution in [0.3, 0.4) is 0 Å². The normalized spacial score (nSPS) is 16.7. The molecular weight excluding hydrogens is 322 g/mol. The standard InChI is InChI=1S/C19H16ClN3O/c1-22-12-4-7-17(22)18-21-16-6-3-2-5-15(16)19(24)23(18)14-10-8-13(20)9-11-14/h2-12,18,21H,1H3/t18-/m1/s1. The highest BCUT2D eigenvalue weighted by molar-refractivity contribution is 6.30. The van der Waals surface area contributed by atoms with E-state index in [4.69, 9.17) is 11.6 Å². The predicted octanol–water partition coefficient (Wildman–Crippen LogP) is 4.45. The average Bonchev–Trinajstić information content (AvgIpc) is 3.02. The number of fused-ring (bicyclic) bond motifs is 1. The molecule has 0 fully saturated rings. The largest absolute Gasteiger partial charge is 0.359 e. The highest BCUT2D eigenvalue weighted by Crippen LogP contribution is 2.36. The molecule has 2 aromatic carbocycles. The minimum atomic E-state index is -0.284. The van der Waals surface area contributed by atoms with Crippen LogP contribution in [0.25, 0.3) is 0 Å². The lowest BCUT2D eigenvalue weighted by molar-refractivity contribution is 0.0974. The van der Waals surface area contributed by atoms with Gasteiger partial charge in [0, 0.05) is 29.6 Å². The molecule has 0 bridgehead atoms. The monoisotopic (exact) mass is 337 g/mol. The summed E-state index contributed by atoms with van der Waals surface area (Å²) in [5, 5.41) is 4.13. The second-order valence-corrected chi connectivity index (χ2v) is 6.22. The van der Waals surface area contributed by atoms with Crippen molar-refractivity contribution >= 4 is 28.9 Å². The lowest BCUT2D eigenvalue weighted by Crippen LogP contribution is -2.43. The first-order valence-electron chi connectivity index (χ1n) is 7.71. The predicted molar refractivity (Wildman–Crippen MR) is 96.5 cm³/mol. The Kier molecular flexibility index (Phi) is 3.54. The van der Waals surface area contributed by atoms with E-state index in [1.807, 2.05) is 66.3 Å². The number of nitrogens with one attached hydrogen (secondary N) is 1. The van der Waals surface area contributed by atoms with Crippen LogP contribution in [-0.2, 0) is 7.05 Å². The number of hydrogen-bond donors (Lipinski definition) is 1. The quantitative estimate of drug-likeness (QED) is 0.750. The van der Waals surface area contributed by atoms with Crippen LogP contribution in [0.2, 0.25) is 5.02 Å². The summed E-state index contributed by atoms with van der Waals surface area (Å²) < 4.78 is 2.02. The maximum atomic E-state index is 13.2. The fourth-order valence-electron chi connectivity index (χ4n) is 3.09. The molecule has 4 rings (SSSR count). The van der Waals surface area contributed by atoms with Crippen molar-refractivity contribution in [3.63, 3.8) is 0 Å². The first kappa shape index (κ1) is 14.8. The summed E-state index contributed by atoms with van der Waals surface area (Å²) in [5.74, 6) is -0.0297. The third kappa shape index (κ3) is 2.36. The van der Waals surface area contributed by atoms with Gasteiger partial charge in [-0.05, 0) is 48.5 Å². The Balaban J connectivity index is 1.87. The van der Waals surface area contributed by atoms with Gasteiger partial charge in [0.15, 0.2) is 0 Å². The Hall–Kier alpha value is -2.72.